The van der Waals surface area contributed by atoms with Gasteiger partial charge in [0.05, 0.1) is 4.90 Å². The first-order valence-electron chi connectivity index (χ1n) is 9.31. The highest BCUT2D eigenvalue weighted by molar-refractivity contribution is 7.89. The maximum atomic E-state index is 12.9. The summed E-state index contributed by atoms with van der Waals surface area (Å²) >= 11 is 0. The molecule has 1 fully saturated rings. The molecule has 2 aromatic rings. The van der Waals surface area contributed by atoms with Crippen LogP contribution < -0.4 is 5.32 Å². The molecule has 1 aliphatic heterocycles. The summed E-state index contributed by atoms with van der Waals surface area (Å²) in [5.41, 5.74) is 1.40. The van der Waals surface area contributed by atoms with Crippen LogP contribution in [0.3, 0.4) is 0 Å². The number of nitrogens with one attached hydrogen (secondary N) is 1. The first-order valence-corrected chi connectivity index (χ1v) is 10.7. The molecule has 1 saturated heterocycles. The summed E-state index contributed by atoms with van der Waals surface area (Å²) in [5, 5.41) is 2.93. The monoisotopic (exact) mass is 400 g/mol. The molecule has 1 aliphatic rings. The normalized spacial score (nSPS) is 15.9. The summed E-state index contributed by atoms with van der Waals surface area (Å²) in [5.74, 6) is -0.413. The minimum Gasteiger partial charge on any atom is -0.352 e. The van der Waals surface area contributed by atoms with Gasteiger partial charge in [0.25, 0.3) is 0 Å². The highest BCUT2D eigenvalue weighted by atomic mass is 32.2. The van der Waals surface area contributed by atoms with Crippen molar-refractivity contribution in [3.63, 3.8) is 0 Å². The Morgan fingerprint density at radius 2 is 1.71 bits per heavy atom. The maximum absolute atomic E-state index is 12.9. The highest BCUT2D eigenvalue weighted by Crippen LogP contribution is 2.24. The van der Waals surface area contributed by atoms with E-state index in [9.17, 15) is 18.0 Å². The third kappa shape index (κ3) is 4.66. The lowest BCUT2D eigenvalue weighted by Gasteiger charge is -2.30. The number of piperidine rings is 1. The number of benzene rings is 2. The molecule has 0 spiro atoms. The molecule has 148 valence electrons. The molecule has 7 heteroatoms. The summed E-state index contributed by atoms with van der Waals surface area (Å²) in [6, 6.07) is 15.8. The molecule has 1 N–H and O–H groups in total. The fraction of sp³-hybridized carbons (Fsp3) is 0.333. The average Bonchev–Trinajstić information content (AvgIpc) is 2.73. The van der Waals surface area contributed by atoms with E-state index in [4.69, 9.17) is 0 Å². The van der Waals surface area contributed by atoms with Crippen LogP contribution in [-0.2, 0) is 21.4 Å². The van der Waals surface area contributed by atoms with E-state index in [1.807, 2.05) is 30.3 Å². The van der Waals surface area contributed by atoms with Crippen molar-refractivity contribution in [1.82, 2.24) is 9.62 Å². The number of hydrogen-bond acceptors (Lipinski definition) is 4. The SMILES string of the molecule is CC(=O)c1cccc(S(=O)(=O)N2CCC(C(=O)NCc3ccccc3)CC2)c1. The zero-order valence-electron chi connectivity index (χ0n) is 15.8. The largest absolute Gasteiger partial charge is 0.352 e. The van der Waals surface area contributed by atoms with Crippen LogP contribution in [0.2, 0.25) is 0 Å². The minimum atomic E-state index is -3.67. The van der Waals surface area contributed by atoms with Gasteiger partial charge in [-0.2, -0.15) is 4.31 Å². The molecule has 0 atom stereocenters. The molecule has 0 saturated carbocycles. The number of rotatable bonds is 6. The number of nitrogens with zero attached hydrogens (tertiary/aromatic N) is 1. The number of sulfonamides is 1. The smallest absolute Gasteiger partial charge is 0.243 e. The molecule has 3 rings (SSSR count). The predicted molar refractivity (Wildman–Crippen MR) is 106 cm³/mol. The summed E-state index contributed by atoms with van der Waals surface area (Å²) in [7, 11) is -3.67. The Hall–Kier alpha value is -2.51. The quantitative estimate of drug-likeness (QED) is 0.756. The van der Waals surface area contributed by atoms with Gasteiger partial charge in [-0.15, -0.1) is 0 Å². The van der Waals surface area contributed by atoms with Gasteiger partial charge in [-0.05, 0) is 37.5 Å². The van der Waals surface area contributed by atoms with E-state index >= 15 is 0 Å². The second-order valence-electron chi connectivity index (χ2n) is 6.97. The van der Waals surface area contributed by atoms with Gasteiger partial charge in [-0.25, -0.2) is 8.42 Å². The highest BCUT2D eigenvalue weighted by Gasteiger charge is 2.32. The van der Waals surface area contributed by atoms with Crippen LogP contribution >= 0.6 is 0 Å². The number of carbonyl (C=O) groups excluding carboxylic acids is 2. The Morgan fingerprint density at radius 3 is 2.36 bits per heavy atom. The minimum absolute atomic E-state index is 0.0421. The van der Waals surface area contributed by atoms with Gasteiger partial charge < -0.3 is 5.32 Å². The van der Waals surface area contributed by atoms with Crippen molar-refractivity contribution in [2.45, 2.75) is 31.2 Å². The summed E-state index contributed by atoms with van der Waals surface area (Å²) in [6.07, 6.45) is 0.957. The Kier molecular flexibility index (Phi) is 6.26. The van der Waals surface area contributed by atoms with Crippen molar-refractivity contribution in [2.24, 2.45) is 5.92 Å². The number of ketones is 1. The van der Waals surface area contributed by atoms with E-state index < -0.39 is 10.0 Å². The lowest BCUT2D eigenvalue weighted by molar-refractivity contribution is -0.126. The second kappa shape index (κ2) is 8.67. The van der Waals surface area contributed by atoms with E-state index in [0.717, 1.165) is 5.56 Å². The lowest BCUT2D eigenvalue weighted by atomic mass is 9.97. The van der Waals surface area contributed by atoms with Gasteiger partial charge in [0.2, 0.25) is 15.9 Å². The van der Waals surface area contributed by atoms with Crippen molar-refractivity contribution in [3.8, 4) is 0 Å². The van der Waals surface area contributed by atoms with Gasteiger partial charge in [-0.1, -0.05) is 42.5 Å². The van der Waals surface area contributed by atoms with Crippen molar-refractivity contribution in [2.75, 3.05) is 13.1 Å². The molecule has 0 aliphatic carbocycles. The molecule has 0 unspecified atom stereocenters. The average molecular weight is 401 g/mol. The first kappa shape index (κ1) is 20.2. The van der Waals surface area contributed by atoms with Crippen molar-refractivity contribution >= 4 is 21.7 Å². The van der Waals surface area contributed by atoms with Gasteiger partial charge in [0.15, 0.2) is 5.78 Å². The predicted octanol–water partition coefficient (Wildman–Crippen LogP) is 2.61. The summed E-state index contributed by atoms with van der Waals surface area (Å²) < 4.78 is 27.1. The third-order valence-corrected chi connectivity index (χ3v) is 6.91. The van der Waals surface area contributed by atoms with Crippen LogP contribution in [0.4, 0.5) is 0 Å². The van der Waals surface area contributed by atoms with E-state index in [1.165, 1.54) is 23.4 Å². The zero-order chi connectivity index (χ0) is 20.1. The van der Waals surface area contributed by atoms with Gasteiger partial charge in [0.1, 0.15) is 0 Å². The lowest BCUT2D eigenvalue weighted by Crippen LogP contribution is -2.42. The van der Waals surface area contributed by atoms with Crippen LogP contribution in [0.25, 0.3) is 0 Å². The van der Waals surface area contributed by atoms with Crippen LogP contribution in [0.1, 0.15) is 35.7 Å². The van der Waals surface area contributed by atoms with E-state index in [1.54, 1.807) is 12.1 Å². The van der Waals surface area contributed by atoms with E-state index in [0.29, 0.717) is 24.9 Å². The van der Waals surface area contributed by atoms with Crippen molar-refractivity contribution in [3.05, 3.63) is 65.7 Å². The van der Waals surface area contributed by atoms with Crippen LogP contribution in [0.5, 0.6) is 0 Å². The molecular formula is C21H24N2O4S. The topological polar surface area (TPSA) is 83.6 Å². The second-order valence-corrected chi connectivity index (χ2v) is 8.90. The molecule has 1 heterocycles. The van der Waals surface area contributed by atoms with Gasteiger partial charge in [0, 0.05) is 31.1 Å². The van der Waals surface area contributed by atoms with Crippen LogP contribution in [0, 0.1) is 5.92 Å². The van der Waals surface area contributed by atoms with Gasteiger partial charge >= 0.3 is 0 Å². The molecule has 6 nitrogen and oxygen atoms in total. The molecule has 2 aromatic carbocycles. The Bertz CT molecular complexity index is 949. The van der Waals surface area contributed by atoms with Crippen LogP contribution in [-0.4, -0.2) is 37.5 Å². The molecule has 28 heavy (non-hydrogen) atoms. The van der Waals surface area contributed by atoms with Crippen molar-refractivity contribution in [1.29, 1.82) is 0 Å². The molecule has 1 amide bonds. The third-order valence-electron chi connectivity index (χ3n) is 5.01. The number of carbonyl (C=O) groups is 2. The number of Topliss-reactive ketones (excluding diaryl/α,β-unsaturated/α-hetero) is 1. The maximum Gasteiger partial charge on any atom is 0.243 e. The van der Waals surface area contributed by atoms with Gasteiger partial charge in [-0.3, -0.25) is 9.59 Å². The molecule has 0 bridgehead atoms. The number of amides is 1. The summed E-state index contributed by atoms with van der Waals surface area (Å²) in [6.45, 7) is 2.45. The Balaban J connectivity index is 1.59. The fourth-order valence-electron chi connectivity index (χ4n) is 3.31. The Labute approximate surface area is 165 Å². The molecular weight excluding hydrogens is 376 g/mol. The standard InChI is InChI=1S/C21H24N2O4S/c1-16(24)19-8-5-9-20(14-19)28(26,27)23-12-10-18(11-13-23)21(25)22-15-17-6-3-2-4-7-17/h2-9,14,18H,10-13,15H2,1H3,(H,22,25). The molecule has 0 radical (unpaired) electrons. The van der Waals surface area contributed by atoms with E-state index in [2.05, 4.69) is 5.32 Å². The molecule has 0 aromatic heterocycles. The zero-order valence-corrected chi connectivity index (χ0v) is 16.6. The number of hydrogen-bond donors (Lipinski definition) is 1. The fourth-order valence-corrected chi connectivity index (χ4v) is 4.83. The van der Waals surface area contributed by atoms with E-state index in [-0.39, 0.29) is 35.6 Å². The summed E-state index contributed by atoms with van der Waals surface area (Å²) in [4.78, 5) is 24.0. The Morgan fingerprint density at radius 1 is 1.04 bits per heavy atom. The first-order chi connectivity index (χ1) is 13.4. The van der Waals surface area contributed by atoms with Crippen molar-refractivity contribution < 1.29 is 18.0 Å². The van der Waals surface area contributed by atoms with Crippen LogP contribution in [0.15, 0.2) is 59.5 Å².